The highest BCUT2D eigenvalue weighted by atomic mass is 32.2. The number of hydrogen-bond acceptors (Lipinski definition) is 4. The van der Waals surface area contributed by atoms with E-state index in [1.807, 2.05) is 103 Å². The lowest BCUT2D eigenvalue weighted by Gasteiger charge is -2.26. The average molecular weight is 522 g/mol. The topological polar surface area (TPSA) is 68.5 Å². The molecule has 0 unspecified atom stereocenters. The van der Waals surface area contributed by atoms with E-state index in [9.17, 15) is 13.5 Å². The highest BCUT2D eigenvalue weighted by Gasteiger charge is 2.27. The summed E-state index contributed by atoms with van der Waals surface area (Å²) >= 11 is 0. The van der Waals surface area contributed by atoms with Crippen molar-refractivity contribution in [1.29, 1.82) is 0 Å². The fourth-order valence-electron chi connectivity index (χ4n) is 4.39. The van der Waals surface area contributed by atoms with Gasteiger partial charge in [-0.15, -0.1) is 0 Å². The van der Waals surface area contributed by atoms with Crippen molar-refractivity contribution in [3.8, 4) is 11.8 Å². The van der Waals surface area contributed by atoms with Crippen LogP contribution in [0.5, 0.6) is 0 Å². The van der Waals surface area contributed by atoms with E-state index < -0.39 is 28.9 Å². The van der Waals surface area contributed by atoms with Crippen molar-refractivity contribution in [1.82, 2.24) is 4.57 Å². The van der Waals surface area contributed by atoms with Gasteiger partial charge in [0.2, 0.25) is 0 Å². The van der Waals surface area contributed by atoms with E-state index in [1.54, 1.807) is 12.1 Å². The molecule has 4 aromatic carbocycles. The van der Waals surface area contributed by atoms with E-state index in [1.165, 1.54) is 12.1 Å². The fraction of sp³-hybridized carbons (Fsp3) is 0.125. The van der Waals surface area contributed by atoms with Gasteiger partial charge in [0.15, 0.2) is 0 Å². The predicted octanol–water partition coefficient (Wildman–Crippen LogP) is 5.71. The van der Waals surface area contributed by atoms with Crippen LogP contribution in [0.3, 0.4) is 0 Å². The van der Waals surface area contributed by atoms with Gasteiger partial charge in [-0.3, -0.25) is 4.18 Å². The Labute approximate surface area is 223 Å². The molecule has 0 amide bonds. The molecule has 5 aromatic rings. The second-order valence-electron chi connectivity index (χ2n) is 9.09. The van der Waals surface area contributed by atoms with E-state index in [2.05, 4.69) is 11.8 Å². The second-order valence-corrected chi connectivity index (χ2v) is 10.7. The van der Waals surface area contributed by atoms with E-state index in [-0.39, 0.29) is 4.90 Å². The molecule has 190 valence electrons. The van der Waals surface area contributed by atoms with Gasteiger partial charge in [-0.25, -0.2) is 0 Å². The maximum atomic E-state index is 12.8. The third kappa shape index (κ3) is 5.71. The van der Waals surface area contributed by atoms with Crippen LogP contribution in [0.1, 0.15) is 28.3 Å². The van der Waals surface area contributed by atoms with Gasteiger partial charge in [0.1, 0.15) is 6.10 Å². The Hall–Kier alpha value is -4.15. The summed E-state index contributed by atoms with van der Waals surface area (Å²) in [6.07, 6.45) is 0.764. The summed E-state index contributed by atoms with van der Waals surface area (Å²) in [6, 6.07) is 33.1. The molecule has 6 heteroatoms. The summed E-state index contributed by atoms with van der Waals surface area (Å²) in [7, 11) is -4.02. The van der Waals surface area contributed by atoms with E-state index in [0.717, 1.165) is 33.2 Å². The van der Waals surface area contributed by atoms with Gasteiger partial charge in [-0.1, -0.05) is 78.1 Å². The lowest BCUT2D eigenvalue weighted by atomic mass is 10.0. The molecule has 5 rings (SSSR count). The molecular weight excluding hydrogens is 494 g/mol. The average Bonchev–Trinajstić information content (AvgIpc) is 3.35. The van der Waals surface area contributed by atoms with Crippen LogP contribution >= 0.6 is 0 Å². The Morgan fingerprint density at radius 2 is 1.47 bits per heavy atom. The summed E-state index contributed by atoms with van der Waals surface area (Å²) in [5, 5.41) is 12.2. The number of fused-ring (bicyclic) bond motifs is 1. The highest BCUT2D eigenvalue weighted by Crippen LogP contribution is 2.29. The minimum Gasteiger partial charge on any atom is -0.388 e. The standard InChI is InChI=1S/C32H27NO4S/c1-24-12-17-29(18-13-24)38(35,36)37-23-31(34)32(27-10-6-3-7-11-27)33-21-20-28-22-26(16-19-30(28)33)15-14-25-8-4-2-5-9-25/h2-13,16-22,31-32,34H,23H2,1H3/t31-,32-/m0/s1. The minimum absolute atomic E-state index is 0.0575. The van der Waals surface area contributed by atoms with Crippen molar-refractivity contribution in [3.63, 3.8) is 0 Å². The van der Waals surface area contributed by atoms with Crippen LogP contribution in [-0.4, -0.2) is 30.8 Å². The highest BCUT2D eigenvalue weighted by molar-refractivity contribution is 7.86. The van der Waals surface area contributed by atoms with Gasteiger partial charge in [0, 0.05) is 28.2 Å². The Bertz CT molecular complexity index is 1700. The van der Waals surface area contributed by atoms with Crippen LogP contribution in [-0.2, 0) is 14.3 Å². The first-order valence-electron chi connectivity index (χ1n) is 12.3. The number of nitrogens with zero attached hydrogens (tertiary/aromatic N) is 1. The van der Waals surface area contributed by atoms with Gasteiger partial charge in [0.25, 0.3) is 10.1 Å². The molecule has 0 bridgehead atoms. The van der Waals surface area contributed by atoms with Crippen LogP contribution < -0.4 is 0 Å². The van der Waals surface area contributed by atoms with E-state index in [4.69, 9.17) is 4.18 Å². The maximum Gasteiger partial charge on any atom is 0.297 e. The van der Waals surface area contributed by atoms with Crippen molar-refractivity contribution in [2.75, 3.05) is 6.61 Å². The summed E-state index contributed by atoms with van der Waals surface area (Å²) in [6.45, 7) is 1.49. The molecule has 38 heavy (non-hydrogen) atoms. The van der Waals surface area contributed by atoms with Crippen molar-refractivity contribution >= 4 is 21.0 Å². The number of aryl methyl sites for hydroxylation is 1. The lowest BCUT2D eigenvalue weighted by molar-refractivity contribution is 0.0785. The molecule has 5 nitrogen and oxygen atoms in total. The van der Waals surface area contributed by atoms with Crippen molar-refractivity contribution in [3.05, 3.63) is 138 Å². The molecule has 0 fully saturated rings. The number of hydrogen-bond donors (Lipinski definition) is 1. The molecule has 0 aliphatic carbocycles. The molecule has 0 aliphatic rings. The van der Waals surface area contributed by atoms with E-state index >= 15 is 0 Å². The minimum atomic E-state index is -4.02. The zero-order chi connectivity index (χ0) is 26.5. The molecular formula is C32H27NO4S. The Balaban J connectivity index is 1.43. The normalized spacial score (nSPS) is 13.0. The van der Waals surface area contributed by atoms with Crippen LogP contribution in [0, 0.1) is 18.8 Å². The molecule has 0 aliphatic heterocycles. The first kappa shape index (κ1) is 25.5. The lowest BCUT2D eigenvalue weighted by Crippen LogP contribution is -2.30. The molecule has 0 saturated heterocycles. The second kappa shape index (κ2) is 11.1. The smallest absolute Gasteiger partial charge is 0.297 e. The summed E-state index contributed by atoms with van der Waals surface area (Å²) in [4.78, 5) is 0.0575. The molecule has 1 aromatic heterocycles. The first-order valence-corrected chi connectivity index (χ1v) is 13.7. The van der Waals surface area contributed by atoms with E-state index in [0.29, 0.717) is 0 Å². The third-order valence-corrected chi connectivity index (χ3v) is 7.65. The molecule has 1 heterocycles. The number of aliphatic hydroxyl groups is 1. The zero-order valence-electron chi connectivity index (χ0n) is 20.9. The number of benzene rings is 4. The quantitative estimate of drug-likeness (QED) is 0.220. The van der Waals surface area contributed by atoms with Crippen LogP contribution in [0.15, 0.2) is 120 Å². The van der Waals surface area contributed by atoms with Crippen LogP contribution in [0.2, 0.25) is 0 Å². The molecule has 1 N–H and O–H groups in total. The fourth-order valence-corrected chi connectivity index (χ4v) is 5.32. The van der Waals surface area contributed by atoms with Crippen molar-refractivity contribution in [2.45, 2.75) is 24.0 Å². The van der Waals surface area contributed by atoms with Crippen LogP contribution in [0.4, 0.5) is 0 Å². The number of aliphatic hydroxyl groups excluding tert-OH is 1. The summed E-state index contributed by atoms with van der Waals surface area (Å²) in [5.74, 6) is 6.38. The Morgan fingerprint density at radius 1 is 0.816 bits per heavy atom. The predicted molar refractivity (Wildman–Crippen MR) is 149 cm³/mol. The summed E-state index contributed by atoms with van der Waals surface area (Å²) < 4.78 is 32.8. The SMILES string of the molecule is Cc1ccc(S(=O)(=O)OC[C@H](O)[C@H](c2ccccc2)n2ccc3cc(C#Cc4ccccc4)ccc32)cc1. The molecule has 0 saturated carbocycles. The summed E-state index contributed by atoms with van der Waals surface area (Å²) in [5.41, 5.74) is 4.50. The molecule has 0 spiro atoms. The third-order valence-electron chi connectivity index (χ3n) is 6.35. The maximum absolute atomic E-state index is 12.8. The largest absolute Gasteiger partial charge is 0.388 e. The van der Waals surface area contributed by atoms with Gasteiger partial charge in [-0.05, 0) is 61.0 Å². The number of rotatable bonds is 7. The molecule has 2 atom stereocenters. The Morgan fingerprint density at radius 3 is 2.18 bits per heavy atom. The van der Waals surface area contributed by atoms with Crippen molar-refractivity contribution in [2.24, 2.45) is 0 Å². The van der Waals surface area contributed by atoms with Crippen LogP contribution in [0.25, 0.3) is 10.9 Å². The van der Waals surface area contributed by atoms with Gasteiger partial charge in [-0.2, -0.15) is 8.42 Å². The van der Waals surface area contributed by atoms with Gasteiger partial charge >= 0.3 is 0 Å². The van der Waals surface area contributed by atoms with Gasteiger partial charge < -0.3 is 9.67 Å². The van der Waals surface area contributed by atoms with Crippen molar-refractivity contribution < 1.29 is 17.7 Å². The monoisotopic (exact) mass is 521 g/mol. The first-order chi connectivity index (χ1) is 18.4. The Kier molecular flexibility index (Phi) is 7.43. The number of aromatic nitrogens is 1. The zero-order valence-corrected chi connectivity index (χ0v) is 21.7. The molecule has 0 radical (unpaired) electrons. The van der Waals surface area contributed by atoms with Gasteiger partial charge in [0.05, 0.1) is 17.5 Å².